The zero-order valence-corrected chi connectivity index (χ0v) is 12.8. The second-order valence-corrected chi connectivity index (χ2v) is 5.09. The van der Waals surface area contributed by atoms with E-state index in [1.165, 1.54) is 11.8 Å². The molecule has 0 saturated carbocycles. The van der Waals surface area contributed by atoms with Crippen molar-refractivity contribution in [3.05, 3.63) is 22.7 Å². The Labute approximate surface area is 123 Å². The SMILES string of the molecule is CCOc1cc(Cl)c(CCCSC#N)cc1OCC. The van der Waals surface area contributed by atoms with E-state index in [9.17, 15) is 0 Å². The van der Waals surface area contributed by atoms with E-state index in [1.807, 2.05) is 26.0 Å². The van der Waals surface area contributed by atoms with E-state index in [2.05, 4.69) is 5.40 Å². The van der Waals surface area contributed by atoms with Gasteiger partial charge in [0.15, 0.2) is 11.5 Å². The molecule has 0 amide bonds. The van der Waals surface area contributed by atoms with Crippen LogP contribution in [0.2, 0.25) is 5.02 Å². The van der Waals surface area contributed by atoms with Crippen LogP contribution in [-0.2, 0) is 6.42 Å². The van der Waals surface area contributed by atoms with Crippen molar-refractivity contribution in [2.75, 3.05) is 19.0 Å². The maximum atomic E-state index is 8.48. The quantitative estimate of drug-likeness (QED) is 0.530. The molecule has 1 rings (SSSR count). The van der Waals surface area contributed by atoms with Crippen LogP contribution in [0.4, 0.5) is 0 Å². The third-order valence-electron chi connectivity index (χ3n) is 2.47. The lowest BCUT2D eigenvalue weighted by Crippen LogP contribution is -2.00. The first-order chi connectivity index (χ1) is 9.22. The standard InChI is InChI=1S/C14H18ClNO2S/c1-3-17-13-8-11(6-5-7-19-10-16)12(15)9-14(13)18-4-2/h8-9H,3-7H2,1-2H3. The van der Waals surface area contributed by atoms with E-state index in [1.54, 1.807) is 0 Å². The monoisotopic (exact) mass is 299 g/mol. The summed E-state index contributed by atoms with van der Waals surface area (Å²) >= 11 is 7.51. The van der Waals surface area contributed by atoms with Gasteiger partial charge in [0.2, 0.25) is 0 Å². The third kappa shape index (κ3) is 5.22. The van der Waals surface area contributed by atoms with Gasteiger partial charge in [-0.1, -0.05) is 11.6 Å². The van der Waals surface area contributed by atoms with Crippen LogP contribution < -0.4 is 9.47 Å². The fraction of sp³-hybridized carbons (Fsp3) is 0.500. The van der Waals surface area contributed by atoms with Gasteiger partial charge in [-0.15, -0.1) is 0 Å². The first-order valence-electron chi connectivity index (χ1n) is 6.31. The molecule has 0 unspecified atom stereocenters. The molecule has 1 aromatic carbocycles. The van der Waals surface area contributed by atoms with Crippen molar-refractivity contribution in [1.29, 1.82) is 5.26 Å². The second-order valence-electron chi connectivity index (χ2n) is 3.80. The second kappa shape index (κ2) is 8.95. The highest BCUT2D eigenvalue weighted by Crippen LogP contribution is 2.34. The Hall–Kier alpha value is -1.05. The van der Waals surface area contributed by atoms with Gasteiger partial charge in [-0.3, -0.25) is 0 Å². The molecule has 0 N–H and O–H groups in total. The molecule has 0 fully saturated rings. The van der Waals surface area contributed by atoms with Crippen molar-refractivity contribution in [3.63, 3.8) is 0 Å². The molecule has 0 heterocycles. The molecule has 0 aliphatic rings. The predicted molar refractivity (Wildman–Crippen MR) is 80.2 cm³/mol. The summed E-state index contributed by atoms with van der Waals surface area (Å²) in [7, 11) is 0. The van der Waals surface area contributed by atoms with Crippen molar-refractivity contribution in [2.45, 2.75) is 26.7 Å². The molecule has 5 heteroatoms. The summed E-state index contributed by atoms with van der Waals surface area (Å²) in [6.07, 6.45) is 1.75. The van der Waals surface area contributed by atoms with Gasteiger partial charge >= 0.3 is 0 Å². The van der Waals surface area contributed by atoms with E-state index in [0.717, 1.165) is 29.9 Å². The van der Waals surface area contributed by atoms with Crippen LogP contribution in [0.5, 0.6) is 11.5 Å². The normalized spacial score (nSPS) is 10.0. The molecular formula is C14H18ClNO2S. The van der Waals surface area contributed by atoms with Gasteiger partial charge in [0.05, 0.1) is 13.2 Å². The van der Waals surface area contributed by atoms with Crippen LogP contribution >= 0.6 is 23.4 Å². The average Bonchev–Trinajstić information content (AvgIpc) is 2.39. The summed E-state index contributed by atoms with van der Waals surface area (Å²) in [5.74, 6) is 2.23. The number of rotatable bonds is 8. The first-order valence-corrected chi connectivity index (χ1v) is 7.68. The molecule has 0 saturated heterocycles. The summed E-state index contributed by atoms with van der Waals surface area (Å²) in [4.78, 5) is 0. The minimum atomic E-state index is 0.578. The number of benzene rings is 1. The Balaban J connectivity index is 2.81. The molecule has 0 aromatic heterocycles. The molecule has 3 nitrogen and oxygen atoms in total. The summed E-state index contributed by atoms with van der Waals surface area (Å²) in [5, 5.41) is 11.2. The Bertz CT molecular complexity index is 446. The predicted octanol–water partition coefficient (Wildman–Crippen LogP) is 4.28. The van der Waals surface area contributed by atoms with Gasteiger partial charge in [-0.25, -0.2) is 0 Å². The molecule has 0 aliphatic heterocycles. The number of hydrogen-bond donors (Lipinski definition) is 0. The number of aryl methyl sites for hydroxylation is 1. The minimum Gasteiger partial charge on any atom is -0.490 e. The number of nitriles is 1. The average molecular weight is 300 g/mol. The molecular weight excluding hydrogens is 282 g/mol. The minimum absolute atomic E-state index is 0.578. The first kappa shape index (κ1) is 16.0. The Kier molecular flexibility index (Phi) is 7.54. The Morgan fingerprint density at radius 2 is 1.84 bits per heavy atom. The van der Waals surface area contributed by atoms with Crippen molar-refractivity contribution in [1.82, 2.24) is 0 Å². The number of ether oxygens (including phenoxy) is 2. The number of thiocyanates is 1. The molecule has 0 bridgehead atoms. The molecule has 19 heavy (non-hydrogen) atoms. The van der Waals surface area contributed by atoms with Crippen molar-refractivity contribution < 1.29 is 9.47 Å². The van der Waals surface area contributed by atoms with E-state index < -0.39 is 0 Å². The lowest BCUT2D eigenvalue weighted by atomic mass is 10.1. The van der Waals surface area contributed by atoms with Crippen LogP contribution in [0.25, 0.3) is 0 Å². The molecule has 0 spiro atoms. The largest absolute Gasteiger partial charge is 0.490 e. The van der Waals surface area contributed by atoms with E-state index in [0.29, 0.717) is 24.0 Å². The summed E-state index contributed by atoms with van der Waals surface area (Å²) < 4.78 is 11.1. The van der Waals surface area contributed by atoms with Crippen LogP contribution in [0, 0.1) is 10.7 Å². The molecule has 0 radical (unpaired) electrons. The highest BCUT2D eigenvalue weighted by Gasteiger charge is 2.10. The van der Waals surface area contributed by atoms with Gasteiger partial charge in [0.1, 0.15) is 5.40 Å². The maximum absolute atomic E-state index is 8.48. The van der Waals surface area contributed by atoms with Crippen LogP contribution in [0.1, 0.15) is 25.8 Å². The Morgan fingerprint density at radius 1 is 1.21 bits per heavy atom. The smallest absolute Gasteiger partial charge is 0.162 e. The van der Waals surface area contributed by atoms with Gasteiger partial charge in [-0.05, 0) is 50.1 Å². The molecule has 1 aromatic rings. The topological polar surface area (TPSA) is 42.2 Å². The fourth-order valence-corrected chi connectivity index (χ4v) is 2.31. The summed E-state index contributed by atoms with van der Waals surface area (Å²) in [6, 6.07) is 3.75. The van der Waals surface area contributed by atoms with Crippen molar-refractivity contribution >= 4 is 23.4 Å². The van der Waals surface area contributed by atoms with Crippen molar-refractivity contribution in [2.24, 2.45) is 0 Å². The summed E-state index contributed by atoms with van der Waals surface area (Å²) in [6.45, 7) is 5.03. The number of thioether (sulfide) groups is 1. The van der Waals surface area contributed by atoms with E-state index in [4.69, 9.17) is 26.3 Å². The number of hydrogen-bond acceptors (Lipinski definition) is 4. The highest BCUT2D eigenvalue weighted by molar-refractivity contribution is 8.03. The zero-order chi connectivity index (χ0) is 14.1. The molecule has 104 valence electrons. The number of nitrogens with zero attached hydrogens (tertiary/aromatic N) is 1. The van der Waals surface area contributed by atoms with Crippen LogP contribution in [0.15, 0.2) is 12.1 Å². The summed E-state index contributed by atoms with van der Waals surface area (Å²) in [5.41, 5.74) is 1.03. The third-order valence-corrected chi connectivity index (χ3v) is 3.44. The van der Waals surface area contributed by atoms with E-state index >= 15 is 0 Å². The van der Waals surface area contributed by atoms with Gasteiger partial charge in [-0.2, -0.15) is 5.26 Å². The highest BCUT2D eigenvalue weighted by atomic mass is 35.5. The maximum Gasteiger partial charge on any atom is 0.162 e. The van der Waals surface area contributed by atoms with Crippen LogP contribution in [-0.4, -0.2) is 19.0 Å². The van der Waals surface area contributed by atoms with E-state index in [-0.39, 0.29) is 0 Å². The lowest BCUT2D eigenvalue weighted by molar-refractivity contribution is 0.287. The van der Waals surface area contributed by atoms with Gasteiger partial charge in [0.25, 0.3) is 0 Å². The van der Waals surface area contributed by atoms with Crippen molar-refractivity contribution in [3.8, 4) is 16.9 Å². The van der Waals surface area contributed by atoms with Gasteiger partial charge in [0, 0.05) is 16.8 Å². The van der Waals surface area contributed by atoms with Crippen LogP contribution in [0.3, 0.4) is 0 Å². The molecule has 0 aliphatic carbocycles. The molecule has 0 atom stereocenters. The fourth-order valence-electron chi connectivity index (χ4n) is 1.69. The zero-order valence-electron chi connectivity index (χ0n) is 11.2. The lowest BCUT2D eigenvalue weighted by Gasteiger charge is -2.14. The Morgan fingerprint density at radius 3 is 2.42 bits per heavy atom. The van der Waals surface area contributed by atoms with Gasteiger partial charge < -0.3 is 9.47 Å². The number of halogens is 1.